The van der Waals surface area contributed by atoms with E-state index in [9.17, 15) is 0 Å². The molecule has 0 radical (unpaired) electrons. The third kappa shape index (κ3) is 2.43. The van der Waals surface area contributed by atoms with Crippen molar-refractivity contribution in [1.82, 2.24) is 9.97 Å². The van der Waals surface area contributed by atoms with E-state index in [-0.39, 0.29) is 0 Å². The fourth-order valence-corrected chi connectivity index (χ4v) is 3.84. The number of rotatable bonds is 2. The predicted octanol–water partition coefficient (Wildman–Crippen LogP) is 2.92. The van der Waals surface area contributed by atoms with Crippen molar-refractivity contribution in [2.75, 3.05) is 25.1 Å². The van der Waals surface area contributed by atoms with Gasteiger partial charge in [-0.05, 0) is 25.7 Å². The van der Waals surface area contributed by atoms with E-state index in [0.29, 0.717) is 16.5 Å². The third-order valence-electron chi connectivity index (χ3n) is 4.61. The molecule has 0 amide bonds. The molecule has 104 valence electrons. The van der Waals surface area contributed by atoms with Gasteiger partial charge in [0.15, 0.2) is 0 Å². The first-order valence-corrected chi connectivity index (χ1v) is 7.37. The molecular weight excluding hydrogens is 262 g/mol. The second-order valence-electron chi connectivity index (χ2n) is 5.71. The van der Waals surface area contributed by atoms with Gasteiger partial charge in [0.2, 0.25) is 5.95 Å². The van der Waals surface area contributed by atoms with Crippen molar-refractivity contribution in [3.63, 3.8) is 0 Å². The number of piperidine rings is 1. The second kappa shape index (κ2) is 5.25. The summed E-state index contributed by atoms with van der Waals surface area (Å²) >= 11 is 5.85. The largest absolute Gasteiger partial charge is 0.381 e. The highest BCUT2D eigenvalue weighted by Gasteiger charge is 2.46. The zero-order valence-corrected chi connectivity index (χ0v) is 12.1. The van der Waals surface area contributed by atoms with Gasteiger partial charge in [-0.2, -0.15) is 0 Å². The van der Waals surface area contributed by atoms with Crippen LogP contribution in [0, 0.1) is 5.41 Å². The van der Waals surface area contributed by atoms with E-state index in [1.54, 1.807) is 12.4 Å². The Labute approximate surface area is 119 Å². The maximum Gasteiger partial charge on any atom is 0.225 e. The van der Waals surface area contributed by atoms with Crippen molar-refractivity contribution >= 4 is 17.5 Å². The van der Waals surface area contributed by atoms with Crippen LogP contribution in [0.2, 0.25) is 5.02 Å². The molecule has 19 heavy (non-hydrogen) atoms. The maximum absolute atomic E-state index is 5.85. The highest BCUT2D eigenvalue weighted by molar-refractivity contribution is 6.30. The molecule has 2 atom stereocenters. The summed E-state index contributed by atoms with van der Waals surface area (Å²) in [7, 11) is 1.84. The Balaban J connectivity index is 1.79. The molecule has 1 aromatic heterocycles. The van der Waals surface area contributed by atoms with Crippen LogP contribution in [0.1, 0.15) is 32.1 Å². The molecule has 5 heteroatoms. The van der Waals surface area contributed by atoms with E-state index in [1.807, 2.05) is 7.11 Å². The summed E-state index contributed by atoms with van der Waals surface area (Å²) < 4.78 is 5.72. The molecule has 1 aliphatic carbocycles. The van der Waals surface area contributed by atoms with Crippen molar-refractivity contribution in [3.8, 4) is 0 Å². The molecule has 1 spiro atoms. The summed E-state index contributed by atoms with van der Waals surface area (Å²) in [6.45, 7) is 2.03. The molecule has 1 aromatic rings. The van der Waals surface area contributed by atoms with Crippen LogP contribution >= 0.6 is 11.6 Å². The van der Waals surface area contributed by atoms with Crippen LogP contribution in [0.5, 0.6) is 0 Å². The van der Waals surface area contributed by atoms with Gasteiger partial charge in [-0.1, -0.05) is 18.0 Å². The number of halogens is 1. The van der Waals surface area contributed by atoms with Crippen molar-refractivity contribution in [3.05, 3.63) is 17.4 Å². The topological polar surface area (TPSA) is 38.2 Å². The summed E-state index contributed by atoms with van der Waals surface area (Å²) in [5.41, 5.74) is 0.302. The van der Waals surface area contributed by atoms with E-state index in [4.69, 9.17) is 16.3 Å². The first-order valence-electron chi connectivity index (χ1n) is 6.99. The lowest BCUT2D eigenvalue weighted by atomic mass is 9.76. The lowest BCUT2D eigenvalue weighted by Gasteiger charge is -2.43. The maximum atomic E-state index is 5.85. The van der Waals surface area contributed by atoms with Gasteiger partial charge in [-0.3, -0.25) is 0 Å². The molecule has 0 unspecified atom stereocenters. The molecule has 0 aromatic carbocycles. The van der Waals surface area contributed by atoms with Gasteiger partial charge >= 0.3 is 0 Å². The summed E-state index contributed by atoms with van der Waals surface area (Å²) in [5.74, 6) is 0.797. The van der Waals surface area contributed by atoms with Gasteiger partial charge in [0.25, 0.3) is 0 Å². The number of hydrogen-bond donors (Lipinski definition) is 0. The first kappa shape index (κ1) is 13.1. The molecule has 2 aliphatic rings. The van der Waals surface area contributed by atoms with Crippen LogP contribution in [0.25, 0.3) is 0 Å². The van der Waals surface area contributed by atoms with Crippen molar-refractivity contribution in [2.24, 2.45) is 5.41 Å². The van der Waals surface area contributed by atoms with Gasteiger partial charge in [0.05, 0.1) is 23.5 Å². The normalized spacial score (nSPS) is 31.1. The number of methoxy groups -OCH3 is 1. The smallest absolute Gasteiger partial charge is 0.225 e. The Bertz CT molecular complexity index is 439. The Morgan fingerprint density at radius 2 is 2.05 bits per heavy atom. The van der Waals surface area contributed by atoms with E-state index in [1.165, 1.54) is 32.1 Å². The van der Waals surface area contributed by atoms with Gasteiger partial charge < -0.3 is 9.64 Å². The van der Waals surface area contributed by atoms with Crippen LogP contribution < -0.4 is 4.90 Å². The average molecular weight is 282 g/mol. The molecule has 1 saturated heterocycles. The van der Waals surface area contributed by atoms with Crippen molar-refractivity contribution in [1.29, 1.82) is 0 Å². The Kier molecular flexibility index (Phi) is 3.63. The average Bonchev–Trinajstić information content (AvgIpc) is 2.82. The Morgan fingerprint density at radius 3 is 2.79 bits per heavy atom. The zero-order valence-electron chi connectivity index (χ0n) is 11.3. The van der Waals surface area contributed by atoms with Gasteiger partial charge in [0.1, 0.15) is 0 Å². The van der Waals surface area contributed by atoms with Crippen LogP contribution in [0.3, 0.4) is 0 Å². The third-order valence-corrected chi connectivity index (χ3v) is 4.80. The minimum absolute atomic E-state index is 0.302. The molecule has 0 N–H and O–H groups in total. The lowest BCUT2D eigenvalue weighted by molar-refractivity contribution is 0.00204. The molecular formula is C14H20ClN3O. The molecule has 0 bridgehead atoms. The van der Waals surface area contributed by atoms with Crippen molar-refractivity contribution in [2.45, 2.75) is 38.2 Å². The van der Waals surface area contributed by atoms with Crippen molar-refractivity contribution < 1.29 is 4.74 Å². The van der Waals surface area contributed by atoms with E-state index < -0.39 is 0 Å². The van der Waals surface area contributed by atoms with Crippen LogP contribution in [-0.2, 0) is 4.74 Å². The van der Waals surface area contributed by atoms with Crippen LogP contribution in [-0.4, -0.2) is 36.3 Å². The van der Waals surface area contributed by atoms with Crippen LogP contribution in [0.15, 0.2) is 12.4 Å². The number of anilines is 1. The fourth-order valence-electron chi connectivity index (χ4n) is 3.74. The highest BCUT2D eigenvalue weighted by atomic mass is 35.5. The molecule has 1 aliphatic heterocycles. The number of ether oxygens (including phenoxy) is 1. The summed E-state index contributed by atoms with van der Waals surface area (Å²) in [4.78, 5) is 11.0. The Morgan fingerprint density at radius 1 is 1.32 bits per heavy atom. The predicted molar refractivity (Wildman–Crippen MR) is 75.6 cm³/mol. The number of nitrogens with zero attached hydrogens (tertiary/aromatic N) is 3. The SMILES string of the molecule is CO[C@@H]1CCC[C@@]12CCCN(c1ncc(Cl)cn1)C2. The van der Waals surface area contributed by atoms with Gasteiger partial charge in [0, 0.05) is 25.6 Å². The number of aromatic nitrogens is 2. The minimum Gasteiger partial charge on any atom is -0.381 e. The summed E-state index contributed by atoms with van der Waals surface area (Å²) in [5, 5.41) is 0.589. The second-order valence-corrected chi connectivity index (χ2v) is 6.14. The molecule has 1 saturated carbocycles. The lowest BCUT2D eigenvalue weighted by Crippen LogP contribution is -2.48. The van der Waals surface area contributed by atoms with E-state index >= 15 is 0 Å². The molecule has 4 nitrogen and oxygen atoms in total. The quantitative estimate of drug-likeness (QED) is 0.835. The van der Waals surface area contributed by atoms with Gasteiger partial charge in [-0.25, -0.2) is 9.97 Å². The standard InChI is InChI=1S/C14H20ClN3O/c1-19-12-4-2-5-14(12)6-3-7-18(10-14)13-16-8-11(15)9-17-13/h8-9,12H,2-7,10H2,1H3/t12-,14+/m1/s1. The zero-order chi connectivity index (χ0) is 13.3. The summed E-state index contributed by atoms with van der Waals surface area (Å²) in [6.07, 6.45) is 9.90. The minimum atomic E-state index is 0.302. The number of hydrogen-bond acceptors (Lipinski definition) is 4. The monoisotopic (exact) mass is 281 g/mol. The van der Waals surface area contributed by atoms with E-state index in [0.717, 1.165) is 19.0 Å². The van der Waals surface area contributed by atoms with Gasteiger partial charge in [-0.15, -0.1) is 0 Å². The fraction of sp³-hybridized carbons (Fsp3) is 0.714. The van der Waals surface area contributed by atoms with Crippen LogP contribution in [0.4, 0.5) is 5.95 Å². The highest BCUT2D eigenvalue weighted by Crippen LogP contribution is 2.46. The molecule has 2 heterocycles. The Hall–Kier alpha value is -0.870. The molecule has 2 fully saturated rings. The first-order chi connectivity index (χ1) is 9.23. The molecule has 3 rings (SSSR count). The summed E-state index contributed by atoms with van der Waals surface area (Å²) in [6, 6.07) is 0. The van der Waals surface area contributed by atoms with E-state index in [2.05, 4.69) is 14.9 Å².